The van der Waals surface area contributed by atoms with Crippen molar-refractivity contribution in [1.82, 2.24) is 0 Å². The van der Waals surface area contributed by atoms with Gasteiger partial charge in [0.1, 0.15) is 17.2 Å². The van der Waals surface area contributed by atoms with E-state index in [9.17, 15) is 31.5 Å². The van der Waals surface area contributed by atoms with Crippen LogP contribution in [0, 0.1) is 36.0 Å². The molecule has 1 aliphatic heterocycles. The number of Topliss-reactive ketones (excluding diaryl/α,β-unsaturated/α-hetero) is 1. The molecule has 1 aliphatic rings. The summed E-state index contributed by atoms with van der Waals surface area (Å²) in [7, 11) is 4.32. The Bertz CT molecular complexity index is 1540. The molecule has 0 amide bonds. The number of carbonyl (C=O) groups is 2. The zero-order chi connectivity index (χ0) is 29.3. The van der Waals surface area contributed by atoms with E-state index in [2.05, 4.69) is 4.74 Å². The molecule has 0 saturated heterocycles. The Labute approximate surface area is 223 Å². The molecular weight excluding hydrogens is 547 g/mol. The fraction of sp³-hybridized carbons (Fsp3) is 0.185. The van der Waals surface area contributed by atoms with Gasteiger partial charge in [0.2, 0.25) is 34.9 Å². The number of ether oxygens (including phenoxy) is 6. The standard InChI is InChI=1S/C27H19F5O8/c1-11-5-13(39-19(33)10-38-27-24(31)22(29)21(28)23(30)25(27)32)8-17-20(11)26(34)18(40-17)7-12-6-15(36-3)16(37-4)9-14(12)35-2/h5-9H,10H2,1-4H3/b18-7-. The van der Waals surface area contributed by atoms with Crippen LogP contribution >= 0.6 is 0 Å². The van der Waals surface area contributed by atoms with E-state index < -0.39 is 53.2 Å². The quantitative estimate of drug-likeness (QED) is 0.0905. The van der Waals surface area contributed by atoms with Crippen LogP contribution in [0.5, 0.6) is 34.5 Å². The smallest absolute Gasteiger partial charge is 0.349 e. The maximum atomic E-state index is 13.8. The molecule has 0 aromatic heterocycles. The molecule has 0 fully saturated rings. The first kappa shape index (κ1) is 28.2. The Balaban J connectivity index is 1.54. The normalized spacial score (nSPS) is 13.1. The highest BCUT2D eigenvalue weighted by molar-refractivity contribution is 6.15. The van der Waals surface area contributed by atoms with E-state index >= 15 is 0 Å². The number of benzene rings is 3. The van der Waals surface area contributed by atoms with Crippen molar-refractivity contribution in [3.05, 3.63) is 75.8 Å². The van der Waals surface area contributed by atoms with E-state index in [0.29, 0.717) is 28.4 Å². The molecule has 0 spiro atoms. The van der Waals surface area contributed by atoms with Gasteiger partial charge < -0.3 is 28.4 Å². The maximum absolute atomic E-state index is 13.8. The van der Waals surface area contributed by atoms with Crippen LogP contribution in [0.25, 0.3) is 6.08 Å². The second kappa shape index (κ2) is 11.1. The van der Waals surface area contributed by atoms with Crippen LogP contribution in [-0.4, -0.2) is 39.7 Å². The Morgan fingerprint density at radius 1 is 0.825 bits per heavy atom. The molecule has 1 heterocycles. The van der Waals surface area contributed by atoms with Crippen LogP contribution < -0.4 is 28.4 Å². The van der Waals surface area contributed by atoms with Crippen molar-refractivity contribution in [2.75, 3.05) is 27.9 Å². The number of fused-ring (bicyclic) bond motifs is 1. The van der Waals surface area contributed by atoms with Crippen LogP contribution in [0.4, 0.5) is 22.0 Å². The number of hydrogen-bond acceptors (Lipinski definition) is 8. The lowest BCUT2D eigenvalue weighted by molar-refractivity contribution is -0.136. The molecule has 40 heavy (non-hydrogen) atoms. The lowest BCUT2D eigenvalue weighted by Gasteiger charge is -2.12. The van der Waals surface area contributed by atoms with Gasteiger partial charge in [0.15, 0.2) is 29.6 Å². The van der Waals surface area contributed by atoms with Gasteiger partial charge in [-0.1, -0.05) is 0 Å². The van der Waals surface area contributed by atoms with Gasteiger partial charge in [-0.15, -0.1) is 0 Å². The average molecular weight is 566 g/mol. The van der Waals surface area contributed by atoms with Crippen LogP contribution in [0.3, 0.4) is 0 Å². The molecular formula is C27H19F5O8. The van der Waals surface area contributed by atoms with E-state index in [4.69, 9.17) is 23.7 Å². The van der Waals surface area contributed by atoms with Gasteiger partial charge in [0.25, 0.3) is 0 Å². The van der Waals surface area contributed by atoms with E-state index in [-0.39, 0.29) is 22.8 Å². The second-order valence-electron chi connectivity index (χ2n) is 8.16. The summed E-state index contributed by atoms with van der Waals surface area (Å²) >= 11 is 0. The van der Waals surface area contributed by atoms with Gasteiger partial charge >= 0.3 is 5.97 Å². The highest BCUT2D eigenvalue weighted by Crippen LogP contribution is 2.40. The Morgan fingerprint density at radius 2 is 1.40 bits per heavy atom. The first-order valence-electron chi connectivity index (χ1n) is 11.2. The number of halogens is 5. The first-order chi connectivity index (χ1) is 19.0. The molecule has 0 N–H and O–H groups in total. The Morgan fingerprint density at radius 3 is 2.00 bits per heavy atom. The summed E-state index contributed by atoms with van der Waals surface area (Å²) in [5.41, 5.74) is 0.975. The minimum atomic E-state index is -2.37. The number of methoxy groups -OCH3 is 3. The van der Waals surface area contributed by atoms with Crippen molar-refractivity contribution in [1.29, 1.82) is 0 Å². The predicted molar refractivity (Wildman–Crippen MR) is 128 cm³/mol. The minimum Gasteiger partial charge on any atom is -0.496 e. The predicted octanol–water partition coefficient (Wildman–Crippen LogP) is 5.32. The summed E-state index contributed by atoms with van der Waals surface area (Å²) in [5.74, 6) is -13.7. The number of aryl methyl sites for hydroxylation is 1. The van der Waals surface area contributed by atoms with Crippen molar-refractivity contribution >= 4 is 17.8 Å². The van der Waals surface area contributed by atoms with Gasteiger partial charge in [0.05, 0.1) is 26.9 Å². The summed E-state index contributed by atoms with van der Waals surface area (Å²) in [6.07, 6.45) is 1.42. The third-order valence-corrected chi connectivity index (χ3v) is 5.70. The highest BCUT2D eigenvalue weighted by atomic mass is 19.2. The molecule has 0 radical (unpaired) electrons. The van der Waals surface area contributed by atoms with E-state index in [1.54, 1.807) is 19.1 Å². The zero-order valence-corrected chi connectivity index (χ0v) is 21.2. The zero-order valence-electron chi connectivity index (χ0n) is 21.2. The fourth-order valence-electron chi connectivity index (χ4n) is 3.85. The molecule has 0 aliphatic carbocycles. The lowest BCUT2D eigenvalue weighted by atomic mass is 10.0. The molecule has 210 valence electrons. The molecule has 3 aromatic rings. The summed E-state index contributed by atoms with van der Waals surface area (Å²) < 4.78 is 98.5. The number of carbonyl (C=O) groups excluding carboxylic acids is 2. The van der Waals surface area contributed by atoms with E-state index in [1.165, 1.54) is 39.5 Å². The summed E-state index contributed by atoms with van der Waals surface area (Å²) in [6, 6.07) is 5.67. The van der Waals surface area contributed by atoms with Gasteiger partial charge in [0, 0.05) is 17.7 Å². The number of allylic oxidation sites excluding steroid dienone is 1. The van der Waals surface area contributed by atoms with Crippen molar-refractivity contribution in [2.24, 2.45) is 0 Å². The topological polar surface area (TPSA) is 89.5 Å². The highest BCUT2D eigenvalue weighted by Gasteiger charge is 2.31. The van der Waals surface area contributed by atoms with Crippen LogP contribution in [-0.2, 0) is 4.79 Å². The Kier molecular flexibility index (Phi) is 7.84. The van der Waals surface area contributed by atoms with Crippen molar-refractivity contribution < 1.29 is 60.0 Å². The summed E-state index contributed by atoms with van der Waals surface area (Å²) in [4.78, 5) is 25.3. The Hall–Kier alpha value is -4.81. The fourth-order valence-corrected chi connectivity index (χ4v) is 3.85. The first-order valence-corrected chi connectivity index (χ1v) is 11.2. The van der Waals surface area contributed by atoms with E-state index in [1.807, 2.05) is 0 Å². The lowest BCUT2D eigenvalue weighted by Crippen LogP contribution is -2.19. The largest absolute Gasteiger partial charge is 0.496 e. The molecule has 0 unspecified atom stereocenters. The molecule has 0 bridgehead atoms. The molecule has 0 atom stereocenters. The van der Waals surface area contributed by atoms with Gasteiger partial charge in [-0.3, -0.25) is 4.79 Å². The third-order valence-electron chi connectivity index (χ3n) is 5.70. The number of hydrogen-bond donors (Lipinski definition) is 0. The molecule has 0 saturated carbocycles. The van der Waals surface area contributed by atoms with E-state index in [0.717, 1.165) is 0 Å². The van der Waals surface area contributed by atoms with Gasteiger partial charge in [-0.05, 0) is 30.7 Å². The van der Waals surface area contributed by atoms with Crippen molar-refractivity contribution in [2.45, 2.75) is 6.92 Å². The molecule has 3 aromatic carbocycles. The van der Waals surface area contributed by atoms with Gasteiger partial charge in [-0.25, -0.2) is 18.0 Å². The maximum Gasteiger partial charge on any atom is 0.349 e. The summed E-state index contributed by atoms with van der Waals surface area (Å²) in [6.45, 7) is 0.348. The van der Waals surface area contributed by atoms with Crippen LogP contribution in [0.2, 0.25) is 0 Å². The third kappa shape index (κ3) is 5.09. The second-order valence-corrected chi connectivity index (χ2v) is 8.16. The van der Waals surface area contributed by atoms with Gasteiger partial charge in [-0.2, -0.15) is 8.78 Å². The minimum absolute atomic E-state index is 0.0409. The number of esters is 1. The molecule has 13 heteroatoms. The SMILES string of the molecule is COc1cc(OC)c(OC)cc1/C=C1\Oc2cc(OC(=O)COc3c(F)c(F)c(F)c(F)c3F)cc(C)c2C1=O. The number of ketones is 1. The number of rotatable bonds is 8. The summed E-state index contributed by atoms with van der Waals surface area (Å²) in [5, 5.41) is 0. The van der Waals surface area contributed by atoms with Crippen LogP contribution in [0.1, 0.15) is 21.5 Å². The van der Waals surface area contributed by atoms with Crippen LogP contribution in [0.15, 0.2) is 30.0 Å². The average Bonchev–Trinajstić information content (AvgIpc) is 3.25. The van der Waals surface area contributed by atoms with Crippen molar-refractivity contribution in [3.63, 3.8) is 0 Å². The molecule has 4 rings (SSSR count). The van der Waals surface area contributed by atoms with Crippen molar-refractivity contribution in [3.8, 4) is 34.5 Å². The molecule has 8 nitrogen and oxygen atoms in total. The monoisotopic (exact) mass is 566 g/mol.